The smallest absolute Gasteiger partial charge is 0.243 e. The quantitative estimate of drug-likeness (QED) is 0.549. The fourth-order valence-corrected chi connectivity index (χ4v) is 3.06. The van der Waals surface area contributed by atoms with Crippen molar-refractivity contribution in [3.63, 3.8) is 0 Å². The Kier molecular flexibility index (Phi) is 8.73. The number of anilines is 1. The molecule has 0 radical (unpaired) electrons. The number of nitrogens with zero attached hydrogens (tertiary/aromatic N) is 2. The molecule has 0 aliphatic carbocycles. The van der Waals surface area contributed by atoms with Crippen LogP contribution in [0.2, 0.25) is 0 Å². The third kappa shape index (κ3) is 7.11. The van der Waals surface area contributed by atoms with E-state index in [1.54, 1.807) is 18.2 Å². The van der Waals surface area contributed by atoms with E-state index in [2.05, 4.69) is 15.6 Å². The van der Waals surface area contributed by atoms with Gasteiger partial charge in [-0.1, -0.05) is 32.0 Å². The highest BCUT2D eigenvalue weighted by atomic mass is 19.1. The SMILES string of the molecule is CCN(CC)CC(=O)N[C@@H](Cc1ccc(F)cc1)C(=O)NCc1ccc(N)nc1C. The molecule has 2 amide bonds. The van der Waals surface area contributed by atoms with Crippen LogP contribution in [0.3, 0.4) is 0 Å². The molecule has 0 unspecified atom stereocenters. The molecular weight excluding hydrogens is 385 g/mol. The van der Waals surface area contributed by atoms with Crippen molar-refractivity contribution in [2.45, 2.75) is 39.8 Å². The minimum absolute atomic E-state index is 0.210. The molecule has 0 aliphatic heterocycles. The Morgan fingerprint density at radius 2 is 1.80 bits per heavy atom. The summed E-state index contributed by atoms with van der Waals surface area (Å²) in [5, 5.41) is 5.67. The molecule has 1 atom stereocenters. The second kappa shape index (κ2) is 11.3. The third-order valence-corrected chi connectivity index (χ3v) is 4.94. The second-order valence-corrected chi connectivity index (χ2v) is 7.11. The van der Waals surface area contributed by atoms with Crippen LogP contribution in [-0.2, 0) is 22.6 Å². The van der Waals surface area contributed by atoms with Crippen molar-refractivity contribution < 1.29 is 14.0 Å². The highest BCUT2D eigenvalue weighted by Gasteiger charge is 2.22. The minimum Gasteiger partial charge on any atom is -0.384 e. The monoisotopic (exact) mass is 415 g/mol. The van der Waals surface area contributed by atoms with Gasteiger partial charge in [0, 0.05) is 18.7 Å². The number of amides is 2. The summed E-state index contributed by atoms with van der Waals surface area (Å²) in [4.78, 5) is 31.5. The van der Waals surface area contributed by atoms with Gasteiger partial charge < -0.3 is 16.4 Å². The summed E-state index contributed by atoms with van der Waals surface area (Å²) < 4.78 is 13.2. The molecule has 0 fully saturated rings. The van der Waals surface area contributed by atoms with Gasteiger partial charge in [0.05, 0.1) is 6.54 Å². The van der Waals surface area contributed by atoms with Gasteiger partial charge in [0.1, 0.15) is 17.7 Å². The fourth-order valence-electron chi connectivity index (χ4n) is 3.06. The molecule has 0 bridgehead atoms. The van der Waals surface area contributed by atoms with E-state index in [1.807, 2.05) is 31.7 Å². The zero-order valence-corrected chi connectivity index (χ0v) is 17.7. The number of likely N-dealkylation sites (N-methyl/N-ethyl adjacent to an activating group) is 1. The zero-order chi connectivity index (χ0) is 22.1. The Morgan fingerprint density at radius 1 is 1.13 bits per heavy atom. The molecule has 30 heavy (non-hydrogen) atoms. The lowest BCUT2D eigenvalue weighted by Crippen LogP contribution is -2.50. The lowest BCUT2D eigenvalue weighted by Gasteiger charge is -2.22. The van der Waals surface area contributed by atoms with Gasteiger partial charge in [-0.15, -0.1) is 0 Å². The summed E-state index contributed by atoms with van der Waals surface area (Å²) in [6.07, 6.45) is 0.259. The van der Waals surface area contributed by atoms with E-state index < -0.39 is 6.04 Å². The largest absolute Gasteiger partial charge is 0.384 e. The first kappa shape index (κ1) is 23.3. The Bertz CT molecular complexity index is 853. The van der Waals surface area contributed by atoms with Crippen LogP contribution in [0.1, 0.15) is 30.7 Å². The average molecular weight is 416 g/mol. The van der Waals surface area contributed by atoms with Crippen LogP contribution in [0.5, 0.6) is 0 Å². The highest BCUT2D eigenvalue weighted by molar-refractivity contribution is 5.88. The molecular formula is C22H30FN5O2. The summed E-state index contributed by atoms with van der Waals surface area (Å²) in [6, 6.07) is 8.61. The van der Waals surface area contributed by atoms with E-state index in [9.17, 15) is 14.0 Å². The van der Waals surface area contributed by atoms with Gasteiger partial charge >= 0.3 is 0 Å². The molecule has 7 nitrogen and oxygen atoms in total. The standard InChI is InChI=1S/C22H30FN5O2/c1-4-28(5-2)14-21(29)27-19(12-16-6-9-18(23)10-7-16)22(30)25-13-17-8-11-20(24)26-15(17)3/h6-11,19H,4-5,12-14H2,1-3H3,(H2,24,26)(H,25,30)(H,27,29)/t19-/m0/s1. The van der Waals surface area contributed by atoms with Crippen molar-refractivity contribution in [2.24, 2.45) is 0 Å². The number of nitrogens with one attached hydrogen (secondary N) is 2. The van der Waals surface area contributed by atoms with E-state index in [0.29, 0.717) is 5.82 Å². The maximum Gasteiger partial charge on any atom is 0.243 e. The highest BCUT2D eigenvalue weighted by Crippen LogP contribution is 2.09. The average Bonchev–Trinajstić information content (AvgIpc) is 2.72. The maximum absolute atomic E-state index is 13.2. The van der Waals surface area contributed by atoms with Crippen LogP contribution in [0.4, 0.5) is 10.2 Å². The molecule has 1 aromatic carbocycles. The second-order valence-electron chi connectivity index (χ2n) is 7.11. The molecule has 0 aliphatic rings. The number of nitrogen functional groups attached to an aromatic ring is 1. The van der Waals surface area contributed by atoms with Gasteiger partial charge in [-0.2, -0.15) is 0 Å². The van der Waals surface area contributed by atoms with E-state index in [0.717, 1.165) is 29.9 Å². The Hall–Kier alpha value is -3.00. The van der Waals surface area contributed by atoms with Gasteiger partial charge in [0.2, 0.25) is 11.8 Å². The van der Waals surface area contributed by atoms with E-state index in [4.69, 9.17) is 5.73 Å². The summed E-state index contributed by atoms with van der Waals surface area (Å²) in [5.41, 5.74) is 8.00. The first-order valence-electron chi connectivity index (χ1n) is 10.1. The number of aromatic nitrogens is 1. The number of aryl methyl sites for hydroxylation is 1. The number of halogens is 1. The topological polar surface area (TPSA) is 100 Å². The maximum atomic E-state index is 13.2. The summed E-state index contributed by atoms with van der Waals surface area (Å²) in [5.74, 6) is -0.480. The molecule has 162 valence electrons. The van der Waals surface area contributed by atoms with Crippen LogP contribution in [0, 0.1) is 12.7 Å². The number of hydrogen-bond donors (Lipinski definition) is 3. The van der Waals surface area contributed by atoms with Crippen LogP contribution < -0.4 is 16.4 Å². The minimum atomic E-state index is -0.777. The molecule has 8 heteroatoms. The van der Waals surface area contributed by atoms with Crippen LogP contribution >= 0.6 is 0 Å². The van der Waals surface area contributed by atoms with Crippen molar-refractivity contribution in [3.05, 3.63) is 59.0 Å². The Morgan fingerprint density at radius 3 is 2.40 bits per heavy atom. The first-order chi connectivity index (χ1) is 14.3. The first-order valence-corrected chi connectivity index (χ1v) is 10.1. The van der Waals surface area contributed by atoms with Gasteiger partial charge in [0.25, 0.3) is 0 Å². The van der Waals surface area contributed by atoms with Gasteiger partial charge in [-0.05, 0) is 49.3 Å². The lowest BCUT2D eigenvalue weighted by atomic mass is 10.0. The predicted octanol–water partition coefficient (Wildman–Crippen LogP) is 1.80. The van der Waals surface area contributed by atoms with E-state index in [1.165, 1.54) is 12.1 Å². The molecule has 4 N–H and O–H groups in total. The van der Waals surface area contributed by atoms with Crippen LogP contribution in [-0.4, -0.2) is 47.4 Å². The van der Waals surface area contributed by atoms with Crippen molar-refractivity contribution in [1.29, 1.82) is 0 Å². The number of carbonyl (C=O) groups excluding carboxylic acids is 2. The van der Waals surface area contributed by atoms with Crippen molar-refractivity contribution in [3.8, 4) is 0 Å². The molecule has 1 aromatic heterocycles. The Labute approximate surface area is 176 Å². The molecule has 1 heterocycles. The van der Waals surface area contributed by atoms with E-state index >= 15 is 0 Å². The number of hydrogen-bond acceptors (Lipinski definition) is 5. The lowest BCUT2D eigenvalue weighted by molar-refractivity contribution is -0.129. The zero-order valence-electron chi connectivity index (χ0n) is 17.7. The summed E-state index contributed by atoms with van der Waals surface area (Å²) in [6.45, 7) is 7.72. The van der Waals surface area contributed by atoms with Crippen molar-refractivity contribution in [1.82, 2.24) is 20.5 Å². The Balaban J connectivity index is 2.08. The predicted molar refractivity (Wildman–Crippen MR) is 115 cm³/mol. The molecule has 2 rings (SSSR count). The van der Waals surface area contributed by atoms with E-state index in [-0.39, 0.29) is 37.1 Å². The molecule has 0 saturated carbocycles. The van der Waals surface area contributed by atoms with Gasteiger partial charge in [0.15, 0.2) is 0 Å². The van der Waals surface area contributed by atoms with Crippen molar-refractivity contribution in [2.75, 3.05) is 25.4 Å². The summed E-state index contributed by atoms with van der Waals surface area (Å²) >= 11 is 0. The van der Waals surface area contributed by atoms with Crippen molar-refractivity contribution >= 4 is 17.6 Å². The number of rotatable bonds is 10. The van der Waals surface area contributed by atoms with Gasteiger partial charge in [-0.25, -0.2) is 9.37 Å². The summed E-state index contributed by atoms with van der Waals surface area (Å²) in [7, 11) is 0. The van der Waals surface area contributed by atoms with Gasteiger partial charge in [-0.3, -0.25) is 14.5 Å². The number of benzene rings is 1. The number of carbonyl (C=O) groups is 2. The number of nitrogens with two attached hydrogens (primary N) is 1. The third-order valence-electron chi connectivity index (χ3n) is 4.94. The fraction of sp³-hybridized carbons (Fsp3) is 0.409. The van der Waals surface area contributed by atoms with Crippen LogP contribution in [0.25, 0.3) is 0 Å². The molecule has 0 saturated heterocycles. The normalized spacial score (nSPS) is 11.9. The van der Waals surface area contributed by atoms with Crippen LogP contribution in [0.15, 0.2) is 36.4 Å². The molecule has 0 spiro atoms. The number of pyridine rings is 1. The molecule has 2 aromatic rings.